The van der Waals surface area contributed by atoms with Gasteiger partial charge in [-0.05, 0) is 18.6 Å². The van der Waals surface area contributed by atoms with E-state index in [1.165, 1.54) is 0 Å². The van der Waals surface area contributed by atoms with E-state index in [0.717, 1.165) is 27.8 Å². The minimum absolute atomic E-state index is 0.606. The molecule has 2 heterocycles. The third-order valence-corrected chi connectivity index (χ3v) is 3.34. The van der Waals surface area contributed by atoms with E-state index in [1.807, 2.05) is 37.3 Å². The molecule has 0 amide bonds. The van der Waals surface area contributed by atoms with Crippen molar-refractivity contribution in [2.75, 3.05) is 12.4 Å². The minimum atomic E-state index is 0.606. The van der Waals surface area contributed by atoms with Crippen molar-refractivity contribution < 1.29 is 4.74 Å². The van der Waals surface area contributed by atoms with E-state index >= 15 is 0 Å². The second-order valence-corrected chi connectivity index (χ2v) is 4.74. The molecule has 3 aromatic rings. The Hall–Kier alpha value is -2.69. The molecule has 0 fully saturated rings. The third-order valence-electron chi connectivity index (χ3n) is 3.34. The number of aryl methyl sites for hydroxylation is 1. The van der Waals surface area contributed by atoms with Crippen LogP contribution in [0.25, 0.3) is 10.8 Å². The van der Waals surface area contributed by atoms with Gasteiger partial charge in [0.1, 0.15) is 0 Å². The molecule has 5 nitrogen and oxygen atoms in total. The summed E-state index contributed by atoms with van der Waals surface area (Å²) in [6, 6.07) is 12.0. The van der Waals surface area contributed by atoms with Crippen LogP contribution in [0.4, 0.5) is 5.82 Å². The maximum atomic E-state index is 5.13. The normalized spacial score (nSPS) is 10.6. The molecular formula is C16H16N4O. The van der Waals surface area contributed by atoms with Gasteiger partial charge in [-0.15, -0.1) is 5.10 Å². The highest BCUT2D eigenvalue weighted by Crippen LogP contribution is 2.22. The van der Waals surface area contributed by atoms with Crippen molar-refractivity contribution in [3.05, 3.63) is 53.9 Å². The van der Waals surface area contributed by atoms with Crippen LogP contribution in [-0.4, -0.2) is 22.3 Å². The van der Waals surface area contributed by atoms with Crippen molar-refractivity contribution in [1.82, 2.24) is 15.2 Å². The van der Waals surface area contributed by atoms with Crippen LogP contribution in [0.15, 0.2) is 42.6 Å². The zero-order valence-electron chi connectivity index (χ0n) is 12.0. The summed E-state index contributed by atoms with van der Waals surface area (Å²) < 4.78 is 5.13. The Morgan fingerprint density at radius 2 is 1.90 bits per heavy atom. The van der Waals surface area contributed by atoms with Crippen LogP contribution >= 0.6 is 0 Å². The van der Waals surface area contributed by atoms with E-state index in [9.17, 15) is 0 Å². The maximum absolute atomic E-state index is 5.13. The van der Waals surface area contributed by atoms with Gasteiger partial charge < -0.3 is 10.1 Å². The second-order valence-electron chi connectivity index (χ2n) is 4.74. The minimum Gasteiger partial charge on any atom is -0.481 e. The van der Waals surface area contributed by atoms with E-state index in [0.29, 0.717) is 12.4 Å². The Morgan fingerprint density at radius 1 is 1.10 bits per heavy atom. The topological polar surface area (TPSA) is 59.9 Å². The van der Waals surface area contributed by atoms with E-state index in [4.69, 9.17) is 4.74 Å². The molecule has 0 aliphatic carbocycles. The fraction of sp³-hybridized carbons (Fsp3) is 0.188. The molecule has 0 atom stereocenters. The first-order valence-electron chi connectivity index (χ1n) is 6.73. The average Bonchev–Trinajstić information content (AvgIpc) is 2.55. The number of benzene rings is 1. The zero-order chi connectivity index (χ0) is 14.7. The lowest BCUT2D eigenvalue weighted by Gasteiger charge is -2.09. The SMILES string of the molecule is COc1cc(CNc2nnc(C)c3ccccc23)ccn1. The number of fused-ring (bicyclic) bond motifs is 1. The molecule has 106 valence electrons. The second kappa shape index (κ2) is 5.75. The lowest BCUT2D eigenvalue weighted by atomic mass is 10.1. The van der Waals surface area contributed by atoms with Crippen molar-refractivity contribution in [3.63, 3.8) is 0 Å². The number of hydrogen-bond donors (Lipinski definition) is 1. The Labute approximate surface area is 123 Å². The number of anilines is 1. The van der Waals surface area contributed by atoms with Crippen LogP contribution in [0.2, 0.25) is 0 Å². The summed E-state index contributed by atoms with van der Waals surface area (Å²) in [4.78, 5) is 4.10. The van der Waals surface area contributed by atoms with Crippen molar-refractivity contribution in [3.8, 4) is 5.88 Å². The highest BCUT2D eigenvalue weighted by atomic mass is 16.5. The van der Waals surface area contributed by atoms with Gasteiger partial charge in [0.15, 0.2) is 5.82 Å². The molecule has 0 radical (unpaired) electrons. The third kappa shape index (κ3) is 2.76. The first-order chi connectivity index (χ1) is 10.3. The number of methoxy groups -OCH3 is 1. The van der Waals surface area contributed by atoms with Gasteiger partial charge in [-0.2, -0.15) is 5.10 Å². The van der Waals surface area contributed by atoms with Gasteiger partial charge in [-0.1, -0.05) is 24.3 Å². The highest BCUT2D eigenvalue weighted by molar-refractivity contribution is 5.92. The molecule has 2 aromatic heterocycles. The van der Waals surface area contributed by atoms with Crippen LogP contribution in [0.1, 0.15) is 11.3 Å². The molecule has 0 aliphatic rings. The molecule has 3 rings (SSSR count). The summed E-state index contributed by atoms with van der Waals surface area (Å²) in [5.41, 5.74) is 2.01. The summed E-state index contributed by atoms with van der Waals surface area (Å²) in [5.74, 6) is 1.39. The Morgan fingerprint density at radius 3 is 2.71 bits per heavy atom. The lowest BCUT2D eigenvalue weighted by Crippen LogP contribution is -2.04. The number of pyridine rings is 1. The van der Waals surface area contributed by atoms with E-state index in [-0.39, 0.29) is 0 Å². The molecule has 0 bridgehead atoms. The zero-order valence-corrected chi connectivity index (χ0v) is 12.0. The molecule has 0 saturated carbocycles. The Bertz CT molecular complexity index is 773. The molecule has 1 aromatic carbocycles. The molecule has 5 heteroatoms. The number of nitrogens with one attached hydrogen (secondary N) is 1. The largest absolute Gasteiger partial charge is 0.481 e. The monoisotopic (exact) mass is 280 g/mol. The number of hydrogen-bond acceptors (Lipinski definition) is 5. The lowest BCUT2D eigenvalue weighted by molar-refractivity contribution is 0.397. The molecule has 0 unspecified atom stereocenters. The first kappa shape index (κ1) is 13.3. The van der Waals surface area contributed by atoms with Gasteiger partial charge in [0.05, 0.1) is 12.8 Å². The Kier molecular flexibility index (Phi) is 3.64. The smallest absolute Gasteiger partial charge is 0.213 e. The fourth-order valence-electron chi connectivity index (χ4n) is 2.23. The van der Waals surface area contributed by atoms with Gasteiger partial charge >= 0.3 is 0 Å². The maximum Gasteiger partial charge on any atom is 0.213 e. The molecular weight excluding hydrogens is 264 g/mol. The predicted molar refractivity (Wildman–Crippen MR) is 82.4 cm³/mol. The summed E-state index contributed by atoms with van der Waals surface area (Å²) in [7, 11) is 1.61. The average molecular weight is 280 g/mol. The van der Waals surface area contributed by atoms with Crippen molar-refractivity contribution in [2.45, 2.75) is 13.5 Å². The van der Waals surface area contributed by atoms with E-state index < -0.39 is 0 Å². The van der Waals surface area contributed by atoms with Crippen LogP contribution < -0.4 is 10.1 Å². The number of ether oxygens (including phenoxy) is 1. The van der Waals surface area contributed by atoms with Crippen molar-refractivity contribution >= 4 is 16.6 Å². The van der Waals surface area contributed by atoms with Crippen molar-refractivity contribution in [1.29, 1.82) is 0 Å². The number of aromatic nitrogens is 3. The number of rotatable bonds is 4. The van der Waals surface area contributed by atoms with E-state index in [1.54, 1.807) is 13.3 Å². The Balaban J connectivity index is 1.87. The predicted octanol–water partition coefficient (Wildman–Crippen LogP) is 2.95. The molecule has 0 saturated heterocycles. The van der Waals surface area contributed by atoms with Gasteiger partial charge in [-0.25, -0.2) is 4.98 Å². The standard InChI is InChI=1S/C16H16N4O/c1-11-13-5-3-4-6-14(13)16(20-19-11)18-10-12-7-8-17-15(9-12)21-2/h3-9H,10H2,1-2H3,(H,18,20). The quantitative estimate of drug-likeness (QED) is 0.796. The van der Waals surface area contributed by atoms with Gasteiger partial charge in [0, 0.05) is 29.6 Å². The van der Waals surface area contributed by atoms with Crippen LogP contribution in [0, 0.1) is 6.92 Å². The van der Waals surface area contributed by atoms with Crippen LogP contribution in [-0.2, 0) is 6.54 Å². The summed E-state index contributed by atoms with van der Waals surface area (Å²) in [6.07, 6.45) is 1.73. The highest BCUT2D eigenvalue weighted by Gasteiger charge is 2.06. The first-order valence-corrected chi connectivity index (χ1v) is 6.73. The van der Waals surface area contributed by atoms with Crippen LogP contribution in [0.5, 0.6) is 5.88 Å². The van der Waals surface area contributed by atoms with Gasteiger partial charge in [0.2, 0.25) is 5.88 Å². The number of nitrogens with zero attached hydrogens (tertiary/aromatic N) is 3. The molecule has 21 heavy (non-hydrogen) atoms. The molecule has 0 spiro atoms. The van der Waals surface area contributed by atoms with Gasteiger partial charge in [-0.3, -0.25) is 0 Å². The van der Waals surface area contributed by atoms with E-state index in [2.05, 4.69) is 26.6 Å². The molecule has 0 aliphatic heterocycles. The summed E-state index contributed by atoms with van der Waals surface area (Å²) in [6.45, 7) is 2.60. The summed E-state index contributed by atoms with van der Waals surface area (Å²) >= 11 is 0. The molecule has 1 N–H and O–H groups in total. The fourth-order valence-corrected chi connectivity index (χ4v) is 2.23. The van der Waals surface area contributed by atoms with Crippen LogP contribution in [0.3, 0.4) is 0 Å². The summed E-state index contributed by atoms with van der Waals surface area (Å²) in [5, 5.41) is 14.0. The van der Waals surface area contributed by atoms with Crippen molar-refractivity contribution in [2.24, 2.45) is 0 Å². The van der Waals surface area contributed by atoms with Gasteiger partial charge in [0.25, 0.3) is 0 Å².